The quantitative estimate of drug-likeness (QED) is 0.450. The van der Waals surface area contributed by atoms with Gasteiger partial charge in [0.25, 0.3) is 5.91 Å². The fourth-order valence-corrected chi connectivity index (χ4v) is 2.52. The first-order chi connectivity index (χ1) is 11.0. The molecule has 0 saturated heterocycles. The molecule has 0 fully saturated rings. The second kappa shape index (κ2) is 7.74. The van der Waals surface area contributed by atoms with Crippen LogP contribution in [-0.4, -0.2) is 10.9 Å². The Kier molecular flexibility index (Phi) is 5.71. The molecule has 2 aromatic rings. The summed E-state index contributed by atoms with van der Waals surface area (Å²) in [5.74, 6) is 0.118. The molecule has 1 aromatic carbocycles. The number of hydrogen-bond acceptors (Lipinski definition) is 4. The first-order valence-corrected chi connectivity index (χ1v) is 7.95. The summed E-state index contributed by atoms with van der Waals surface area (Å²) in [4.78, 5) is 16.5. The van der Waals surface area contributed by atoms with Gasteiger partial charge in [0.2, 0.25) is 0 Å². The van der Waals surface area contributed by atoms with Crippen molar-refractivity contribution in [3.8, 4) is 6.07 Å². The number of aromatic nitrogens is 1. The molecule has 0 saturated carbocycles. The van der Waals surface area contributed by atoms with Crippen molar-refractivity contribution in [3.05, 3.63) is 63.0 Å². The lowest BCUT2D eigenvalue weighted by atomic mass is 10.2. The lowest BCUT2D eigenvalue weighted by Crippen LogP contribution is -2.15. The maximum atomic E-state index is 12.2. The lowest BCUT2D eigenvalue weighted by Gasteiger charge is -2.08. The van der Waals surface area contributed by atoms with E-state index in [9.17, 15) is 10.1 Å². The second-order valence-electron chi connectivity index (χ2n) is 4.89. The van der Waals surface area contributed by atoms with Gasteiger partial charge in [-0.15, -0.1) is 0 Å². The minimum Gasteiger partial charge on any atom is -0.345 e. The number of halogens is 1. The van der Waals surface area contributed by atoms with Crippen LogP contribution in [0, 0.1) is 28.7 Å². The van der Waals surface area contributed by atoms with Crippen LogP contribution in [0.2, 0.25) is 0 Å². The number of rotatable bonds is 4. The van der Waals surface area contributed by atoms with Crippen LogP contribution in [0.1, 0.15) is 11.3 Å². The molecule has 0 aliphatic heterocycles. The zero-order chi connectivity index (χ0) is 16.8. The number of anilines is 2. The third-order valence-electron chi connectivity index (χ3n) is 3.05. The highest BCUT2D eigenvalue weighted by Crippen LogP contribution is 2.18. The van der Waals surface area contributed by atoms with Gasteiger partial charge in [0.1, 0.15) is 17.5 Å². The Morgan fingerprint density at radius 1 is 1.30 bits per heavy atom. The number of aryl methyl sites for hydroxylation is 2. The highest BCUT2D eigenvalue weighted by Gasteiger charge is 2.10. The molecule has 6 heteroatoms. The molecular formula is C17H15IN4O. The van der Waals surface area contributed by atoms with E-state index in [0.717, 1.165) is 14.8 Å². The summed E-state index contributed by atoms with van der Waals surface area (Å²) in [6, 6.07) is 13.0. The number of carbonyl (C=O) groups is 1. The number of pyridine rings is 1. The minimum atomic E-state index is -0.461. The second-order valence-corrected chi connectivity index (χ2v) is 6.14. The molecule has 0 radical (unpaired) electrons. The number of nitrogens with one attached hydrogen (secondary N) is 2. The molecule has 116 valence electrons. The van der Waals surface area contributed by atoms with E-state index in [2.05, 4.69) is 38.2 Å². The molecule has 1 heterocycles. The Morgan fingerprint density at radius 3 is 2.74 bits per heavy atom. The molecule has 23 heavy (non-hydrogen) atoms. The van der Waals surface area contributed by atoms with Gasteiger partial charge in [0.15, 0.2) is 0 Å². The van der Waals surface area contributed by atoms with Crippen LogP contribution in [0.4, 0.5) is 11.5 Å². The zero-order valence-corrected chi connectivity index (χ0v) is 14.9. The van der Waals surface area contributed by atoms with Gasteiger partial charge < -0.3 is 10.6 Å². The maximum Gasteiger partial charge on any atom is 0.267 e. The van der Waals surface area contributed by atoms with Gasteiger partial charge in [0.05, 0.1) is 0 Å². The molecule has 0 atom stereocenters. The first kappa shape index (κ1) is 17.0. The molecule has 0 aliphatic carbocycles. The van der Waals surface area contributed by atoms with Crippen molar-refractivity contribution in [1.82, 2.24) is 4.98 Å². The molecule has 2 N–H and O–H groups in total. The summed E-state index contributed by atoms with van der Waals surface area (Å²) in [5, 5.41) is 14.8. The Hall–Kier alpha value is -2.40. The average Bonchev–Trinajstić information content (AvgIpc) is 2.51. The highest BCUT2D eigenvalue weighted by atomic mass is 127. The fourth-order valence-electron chi connectivity index (χ4n) is 1.88. The predicted octanol–water partition coefficient (Wildman–Crippen LogP) is 3.76. The van der Waals surface area contributed by atoms with Crippen molar-refractivity contribution in [2.75, 3.05) is 10.6 Å². The van der Waals surface area contributed by atoms with E-state index in [1.165, 1.54) is 6.20 Å². The van der Waals surface area contributed by atoms with Crippen LogP contribution in [0.5, 0.6) is 0 Å². The van der Waals surface area contributed by atoms with Gasteiger partial charge in [0, 0.05) is 21.2 Å². The summed E-state index contributed by atoms with van der Waals surface area (Å²) in [7, 11) is 0. The largest absolute Gasteiger partial charge is 0.345 e. The molecule has 1 aromatic heterocycles. The van der Waals surface area contributed by atoms with E-state index in [0.29, 0.717) is 11.5 Å². The van der Waals surface area contributed by atoms with E-state index in [1.54, 1.807) is 6.07 Å². The van der Waals surface area contributed by atoms with E-state index >= 15 is 0 Å². The zero-order valence-electron chi connectivity index (χ0n) is 12.7. The number of nitrogens with zero attached hydrogens (tertiary/aromatic N) is 2. The van der Waals surface area contributed by atoms with Gasteiger partial charge >= 0.3 is 0 Å². The van der Waals surface area contributed by atoms with E-state index < -0.39 is 5.91 Å². The average molecular weight is 418 g/mol. The SMILES string of the molecule is Cc1cccc(N/C=C(/C#N)C(=O)Nc2ccc(I)cc2C)n1. The van der Waals surface area contributed by atoms with Gasteiger partial charge in [-0.2, -0.15) is 5.26 Å². The predicted molar refractivity (Wildman–Crippen MR) is 98.8 cm³/mol. The van der Waals surface area contributed by atoms with Crippen molar-refractivity contribution in [2.45, 2.75) is 13.8 Å². The molecule has 0 bridgehead atoms. The minimum absolute atomic E-state index is 0.0220. The van der Waals surface area contributed by atoms with Crippen LogP contribution >= 0.6 is 22.6 Å². The van der Waals surface area contributed by atoms with Crippen LogP contribution in [0.25, 0.3) is 0 Å². The monoisotopic (exact) mass is 418 g/mol. The number of amides is 1. The molecule has 0 aliphatic rings. The third kappa shape index (κ3) is 4.79. The van der Waals surface area contributed by atoms with Gasteiger partial charge in [-0.1, -0.05) is 6.07 Å². The Morgan fingerprint density at radius 2 is 2.09 bits per heavy atom. The van der Waals surface area contributed by atoms with Crippen molar-refractivity contribution in [1.29, 1.82) is 5.26 Å². The summed E-state index contributed by atoms with van der Waals surface area (Å²) < 4.78 is 1.08. The Labute approximate surface area is 148 Å². The van der Waals surface area contributed by atoms with E-state index in [1.807, 2.05) is 50.2 Å². The van der Waals surface area contributed by atoms with Gasteiger partial charge in [-0.3, -0.25) is 4.79 Å². The summed E-state index contributed by atoms with van der Waals surface area (Å²) in [6.07, 6.45) is 1.36. The summed E-state index contributed by atoms with van der Waals surface area (Å²) in [5.41, 5.74) is 2.45. The van der Waals surface area contributed by atoms with Crippen molar-refractivity contribution >= 4 is 40.0 Å². The van der Waals surface area contributed by atoms with Crippen LogP contribution < -0.4 is 10.6 Å². The van der Waals surface area contributed by atoms with Crippen LogP contribution in [0.15, 0.2) is 48.2 Å². The van der Waals surface area contributed by atoms with E-state index in [-0.39, 0.29) is 5.57 Å². The number of nitriles is 1. The molecular weight excluding hydrogens is 403 g/mol. The molecule has 0 spiro atoms. The van der Waals surface area contributed by atoms with Crippen molar-refractivity contribution in [2.24, 2.45) is 0 Å². The highest BCUT2D eigenvalue weighted by molar-refractivity contribution is 14.1. The van der Waals surface area contributed by atoms with E-state index in [4.69, 9.17) is 0 Å². The standard InChI is InChI=1S/C17H15IN4O/c1-11-8-14(18)6-7-15(11)22-17(23)13(9-19)10-20-16-5-3-4-12(2)21-16/h3-8,10H,1-2H3,(H,20,21)(H,22,23)/b13-10-. The molecule has 1 amide bonds. The fraction of sp³-hybridized carbons (Fsp3) is 0.118. The Balaban J connectivity index is 2.12. The number of benzene rings is 1. The van der Waals surface area contributed by atoms with Crippen LogP contribution in [-0.2, 0) is 4.79 Å². The molecule has 0 unspecified atom stereocenters. The molecule has 2 rings (SSSR count). The summed E-state index contributed by atoms with van der Waals surface area (Å²) in [6.45, 7) is 3.77. The first-order valence-electron chi connectivity index (χ1n) is 6.87. The number of carbonyl (C=O) groups excluding carboxylic acids is 1. The van der Waals surface area contributed by atoms with Crippen molar-refractivity contribution < 1.29 is 4.79 Å². The van der Waals surface area contributed by atoms with Crippen LogP contribution in [0.3, 0.4) is 0 Å². The lowest BCUT2D eigenvalue weighted by molar-refractivity contribution is -0.112. The Bertz CT molecular complexity index is 808. The van der Waals surface area contributed by atoms with Gasteiger partial charge in [-0.25, -0.2) is 4.98 Å². The third-order valence-corrected chi connectivity index (χ3v) is 3.73. The maximum absolute atomic E-state index is 12.2. The smallest absolute Gasteiger partial charge is 0.267 e. The van der Waals surface area contributed by atoms with Gasteiger partial charge in [-0.05, 0) is 72.3 Å². The number of hydrogen-bond donors (Lipinski definition) is 2. The van der Waals surface area contributed by atoms with Crippen molar-refractivity contribution in [3.63, 3.8) is 0 Å². The normalized spacial score (nSPS) is 10.8. The summed E-state index contributed by atoms with van der Waals surface area (Å²) >= 11 is 2.21. The topological polar surface area (TPSA) is 77.8 Å². The molecule has 5 nitrogen and oxygen atoms in total.